The summed E-state index contributed by atoms with van der Waals surface area (Å²) >= 11 is 0. The minimum atomic E-state index is -2.03. The van der Waals surface area contributed by atoms with Crippen LogP contribution in [-0.2, 0) is 54.6 Å². The molecule has 2 amide bonds. The van der Waals surface area contributed by atoms with Crippen LogP contribution in [-0.4, -0.2) is 93.6 Å². The van der Waals surface area contributed by atoms with Crippen molar-refractivity contribution in [1.82, 2.24) is 19.1 Å². The van der Waals surface area contributed by atoms with Gasteiger partial charge in [0.2, 0.25) is 0 Å². The molecule has 3 heterocycles. The van der Waals surface area contributed by atoms with Crippen molar-refractivity contribution in [1.29, 1.82) is 5.26 Å². The first-order valence-corrected chi connectivity index (χ1v) is 26.0. The van der Waals surface area contributed by atoms with Crippen LogP contribution in [0.2, 0.25) is 0 Å². The molecule has 21 heteroatoms. The minimum Gasteiger partial charge on any atom is -0.380 e. The van der Waals surface area contributed by atoms with Gasteiger partial charge < -0.3 is 44.6 Å². The van der Waals surface area contributed by atoms with Gasteiger partial charge in [-0.15, -0.1) is 0 Å². The topological polar surface area (TPSA) is 247 Å². The van der Waals surface area contributed by atoms with Crippen LogP contribution in [0.3, 0.4) is 0 Å². The van der Waals surface area contributed by atoms with Crippen LogP contribution in [0.1, 0.15) is 59.7 Å². The zero-order valence-corrected chi connectivity index (χ0v) is 46.9. The van der Waals surface area contributed by atoms with Gasteiger partial charge >= 0.3 is 0 Å². The van der Waals surface area contributed by atoms with E-state index in [1.807, 2.05) is 6.92 Å². The number of nitrogens with zero attached hydrogens (tertiary/aromatic N) is 8. The first kappa shape index (κ1) is 61.8. The summed E-state index contributed by atoms with van der Waals surface area (Å²) in [6, 6.07) is 30.4. The summed E-state index contributed by atoms with van der Waals surface area (Å²) in [5, 5.41) is 45.4. The molecule has 9 rings (SSSR count). The van der Waals surface area contributed by atoms with Gasteiger partial charge in [0, 0.05) is 36.3 Å². The van der Waals surface area contributed by atoms with E-state index in [1.54, 1.807) is 122 Å². The molecule has 0 bridgehead atoms. The molecule has 0 saturated carbocycles. The molecule has 428 valence electrons. The quantitative estimate of drug-likeness (QED) is 0.0422. The molecule has 5 N–H and O–H groups in total. The number of ether oxygens (including phenoxy) is 2. The summed E-state index contributed by atoms with van der Waals surface area (Å²) in [5.41, 5.74) is 4.30. The monoisotopic (exact) mass is 1140 g/mol. The van der Waals surface area contributed by atoms with E-state index in [0.717, 1.165) is 22.3 Å². The average molecular weight is 1140 g/mol. The predicted molar refractivity (Wildman–Crippen MR) is 309 cm³/mol. The summed E-state index contributed by atoms with van der Waals surface area (Å²) in [6.45, 7) is 32.2. The standard InChI is InChI=1S/C32H30FN5O4.C20H18FN3O2.C11H10N2O3/c1-20-13-25(9-7-23(20)16-34)37-30(40)31(3,41)18-42-32(4,17-38-19-36-27-15-24(33)8-11-28(27)38)29(39)14-22-6-10-26(35-5)21(2)12-22;1-13-8-14(4-6-16(13)22-3)9-19(25)20(2,26)11-24-12-23-17-10-15(21)5-7-18(17)24;1-7-5-8(3-4-9(7)12-2)13-10(14)11(15)6-16-11/h6-13,15,19,41H,14,17-18H2,1-4H3,(H,37,40);4-8,10,12,26H,9,11H2,1-2H3;3-5,15H,6H2,1H3,(H,13,14)/t31-,32-;20-;11-/m000/s1. The number of ketones is 2. The fourth-order valence-electron chi connectivity index (χ4n) is 8.72. The second-order valence-corrected chi connectivity index (χ2v) is 21.0. The Morgan fingerprint density at radius 1 is 0.667 bits per heavy atom. The number of epoxide rings is 1. The Balaban J connectivity index is 0.000000203. The number of carbonyl (C=O) groups excluding carboxylic acids is 4. The molecule has 1 fully saturated rings. The Hall–Kier alpha value is -9.84. The molecular weight excluding hydrogens is 1080 g/mol. The van der Waals surface area contributed by atoms with Crippen molar-refractivity contribution in [3.05, 3.63) is 207 Å². The molecule has 0 spiro atoms. The number of rotatable bonds is 17. The second kappa shape index (κ2) is 25.5. The number of aliphatic hydroxyl groups is 3. The highest BCUT2D eigenvalue weighted by Gasteiger charge is 2.51. The second-order valence-electron chi connectivity index (χ2n) is 21.0. The number of carbonyl (C=O) groups is 4. The van der Waals surface area contributed by atoms with Crippen LogP contribution in [0.5, 0.6) is 0 Å². The first-order chi connectivity index (χ1) is 39.7. The number of amides is 2. The van der Waals surface area contributed by atoms with Crippen molar-refractivity contribution in [2.24, 2.45) is 0 Å². The molecule has 0 radical (unpaired) electrons. The first-order valence-electron chi connectivity index (χ1n) is 26.0. The number of hydrogen-bond donors (Lipinski definition) is 5. The molecule has 19 nitrogen and oxygen atoms in total. The lowest BCUT2D eigenvalue weighted by Crippen LogP contribution is -2.50. The van der Waals surface area contributed by atoms with Gasteiger partial charge in [0.05, 0.1) is 85.8 Å². The lowest BCUT2D eigenvalue weighted by molar-refractivity contribution is -0.161. The van der Waals surface area contributed by atoms with Gasteiger partial charge in [-0.25, -0.2) is 33.3 Å². The molecule has 2 aromatic heterocycles. The van der Waals surface area contributed by atoms with E-state index in [4.69, 9.17) is 29.7 Å². The highest BCUT2D eigenvalue weighted by atomic mass is 19.1. The number of fused-ring (bicyclic) bond motifs is 2. The highest BCUT2D eigenvalue weighted by molar-refractivity contribution is 5.98. The van der Waals surface area contributed by atoms with Crippen LogP contribution in [0, 0.1) is 70.4 Å². The van der Waals surface area contributed by atoms with Gasteiger partial charge in [-0.05, 0) is 136 Å². The smallest absolute Gasteiger partial charge is 0.287 e. The maximum Gasteiger partial charge on any atom is 0.287 e. The molecule has 1 saturated heterocycles. The Bertz CT molecular complexity index is 4040. The maximum absolute atomic E-state index is 13.8. The van der Waals surface area contributed by atoms with Crippen molar-refractivity contribution >= 4 is 73.9 Å². The van der Waals surface area contributed by atoms with Crippen molar-refractivity contribution in [2.45, 2.75) is 97.0 Å². The summed E-state index contributed by atoms with van der Waals surface area (Å²) in [7, 11) is 0. The van der Waals surface area contributed by atoms with E-state index >= 15 is 0 Å². The normalized spacial score (nSPS) is 15.3. The summed E-state index contributed by atoms with van der Waals surface area (Å²) in [4.78, 5) is 69.4. The molecule has 1 aliphatic rings. The molecule has 84 heavy (non-hydrogen) atoms. The third kappa shape index (κ3) is 15.0. The molecule has 8 aromatic rings. The highest BCUT2D eigenvalue weighted by Crippen LogP contribution is 2.30. The molecule has 1 aliphatic heterocycles. The van der Waals surface area contributed by atoms with Gasteiger partial charge in [0.15, 0.2) is 34.2 Å². The number of imidazole rings is 2. The average Bonchev–Trinajstić information content (AvgIpc) is 2.85. The summed E-state index contributed by atoms with van der Waals surface area (Å²) < 4.78 is 41.0. The number of nitrogens with one attached hydrogen (secondary N) is 2. The van der Waals surface area contributed by atoms with E-state index < -0.39 is 46.8 Å². The van der Waals surface area contributed by atoms with E-state index in [1.165, 1.54) is 50.8 Å². The fourth-order valence-corrected chi connectivity index (χ4v) is 8.72. The Kier molecular flexibility index (Phi) is 18.8. The Labute approximate surface area is 482 Å². The van der Waals surface area contributed by atoms with Gasteiger partial charge in [0.1, 0.15) is 29.4 Å². The van der Waals surface area contributed by atoms with Crippen LogP contribution in [0.4, 0.5) is 37.2 Å². The van der Waals surface area contributed by atoms with Gasteiger partial charge in [-0.2, -0.15) is 5.26 Å². The van der Waals surface area contributed by atoms with Crippen molar-refractivity contribution in [2.75, 3.05) is 23.8 Å². The molecule has 0 aliphatic carbocycles. The molecule has 4 atom stereocenters. The third-order valence-corrected chi connectivity index (χ3v) is 13.9. The number of aromatic nitrogens is 4. The zero-order chi connectivity index (χ0) is 61.3. The summed E-state index contributed by atoms with van der Waals surface area (Å²) in [5.74, 6) is -4.49. The zero-order valence-electron chi connectivity index (χ0n) is 46.9. The van der Waals surface area contributed by atoms with E-state index in [-0.39, 0.29) is 49.9 Å². The van der Waals surface area contributed by atoms with Crippen LogP contribution >= 0.6 is 0 Å². The van der Waals surface area contributed by atoms with Crippen molar-refractivity contribution < 1.29 is 52.8 Å². The van der Waals surface area contributed by atoms with Crippen molar-refractivity contribution in [3.63, 3.8) is 0 Å². The molecular formula is C63H58F2N10O9. The Morgan fingerprint density at radius 2 is 1.13 bits per heavy atom. The van der Waals surface area contributed by atoms with Crippen LogP contribution in [0.15, 0.2) is 122 Å². The van der Waals surface area contributed by atoms with Gasteiger partial charge in [0.25, 0.3) is 17.6 Å². The predicted octanol–water partition coefficient (Wildman–Crippen LogP) is 9.99. The number of nitriles is 1. The number of aryl methyl sites for hydroxylation is 4. The largest absolute Gasteiger partial charge is 0.380 e. The number of hydrogen-bond acceptors (Lipinski definition) is 12. The lowest BCUT2D eigenvalue weighted by atomic mass is 9.93. The fraction of sp³-hybridized carbons (Fsp3) is 0.270. The van der Waals surface area contributed by atoms with Gasteiger partial charge in [-0.1, -0.05) is 42.5 Å². The number of anilines is 2. The lowest BCUT2D eigenvalue weighted by Gasteiger charge is -2.33. The summed E-state index contributed by atoms with van der Waals surface area (Å²) in [6.07, 6.45) is 3.00. The van der Waals surface area contributed by atoms with Crippen LogP contribution < -0.4 is 10.6 Å². The third-order valence-electron chi connectivity index (χ3n) is 13.9. The number of benzene rings is 6. The minimum absolute atomic E-state index is 0.0209. The Morgan fingerprint density at radius 3 is 1.61 bits per heavy atom. The van der Waals surface area contributed by atoms with Gasteiger partial charge in [-0.3, -0.25) is 19.2 Å². The molecule has 6 aromatic carbocycles. The molecule has 0 unspecified atom stereocenters. The number of Topliss-reactive ketones (excluding diaryl/α,β-unsaturated/α-hetero) is 2. The van der Waals surface area contributed by atoms with Crippen molar-refractivity contribution in [3.8, 4) is 6.07 Å². The van der Waals surface area contributed by atoms with Crippen LogP contribution in [0.25, 0.3) is 36.6 Å². The van der Waals surface area contributed by atoms with E-state index in [0.29, 0.717) is 67.2 Å². The number of halogens is 2. The van der Waals surface area contributed by atoms with E-state index in [9.17, 15) is 43.3 Å². The van der Waals surface area contributed by atoms with E-state index in [2.05, 4.69) is 45.9 Å². The maximum atomic E-state index is 13.8. The SMILES string of the molecule is [C-]#[N+]c1ccc(CC(=O)[C@@](C)(O)Cn2cnc3cc(F)ccc32)cc1C.[C-]#[N+]c1ccc(CC(=O)[C@](C)(Cn2cnc3cc(F)ccc32)OC[C@](C)(O)C(=O)Nc2ccc(C#N)c(C)c2)cc1C.[C-]#[N+]c1ccc(NC(=O)[C@]2(O)CO2)cc1C.